The van der Waals surface area contributed by atoms with Crippen molar-refractivity contribution in [3.05, 3.63) is 52.4 Å². The van der Waals surface area contributed by atoms with Crippen molar-refractivity contribution in [2.24, 2.45) is 0 Å². The molecule has 2 heterocycles. The van der Waals surface area contributed by atoms with Crippen LogP contribution in [0, 0.1) is 13.8 Å². The molecule has 0 unspecified atom stereocenters. The van der Waals surface area contributed by atoms with E-state index in [1.165, 1.54) is 4.52 Å². The summed E-state index contributed by atoms with van der Waals surface area (Å²) in [6.45, 7) is 3.51. The summed E-state index contributed by atoms with van der Waals surface area (Å²) >= 11 is 6.07. The Balaban J connectivity index is 2.44. The van der Waals surface area contributed by atoms with E-state index in [4.69, 9.17) is 11.6 Å². The lowest BCUT2D eigenvalue weighted by atomic mass is 10.1. The average Bonchev–Trinajstić information content (AvgIpc) is 2.76. The van der Waals surface area contributed by atoms with Crippen LogP contribution in [0.3, 0.4) is 0 Å². The number of aromatic nitrogens is 3. The Labute approximate surface area is 125 Å². The van der Waals surface area contributed by atoms with E-state index in [1.807, 2.05) is 37.3 Å². The molecule has 3 rings (SSSR count). The number of benzene rings is 1. The van der Waals surface area contributed by atoms with Crippen LogP contribution in [0.1, 0.15) is 21.9 Å². The molecule has 0 spiro atoms. The molecule has 21 heavy (non-hydrogen) atoms. The Kier molecular flexibility index (Phi) is 3.14. The van der Waals surface area contributed by atoms with Gasteiger partial charge in [0, 0.05) is 5.56 Å². The molecule has 106 valence electrons. The molecular formula is C15H12ClN3O2. The number of carboxylic acid groups (broad SMARTS) is 1. The minimum Gasteiger partial charge on any atom is -0.476 e. The molecule has 0 aliphatic rings. The predicted octanol–water partition coefficient (Wildman–Crippen LogP) is 3.36. The molecule has 0 aliphatic carbocycles. The molecule has 1 N–H and O–H groups in total. The molecule has 5 nitrogen and oxygen atoms in total. The third-order valence-electron chi connectivity index (χ3n) is 3.31. The largest absolute Gasteiger partial charge is 0.476 e. The first kappa shape index (κ1) is 13.6. The Morgan fingerprint density at radius 3 is 2.48 bits per heavy atom. The monoisotopic (exact) mass is 301 g/mol. The number of aryl methyl sites for hydroxylation is 2. The van der Waals surface area contributed by atoms with E-state index in [0.717, 1.165) is 11.1 Å². The molecule has 0 amide bonds. The fraction of sp³-hybridized carbons (Fsp3) is 0.133. The van der Waals surface area contributed by atoms with Gasteiger partial charge < -0.3 is 5.11 Å². The van der Waals surface area contributed by atoms with Crippen molar-refractivity contribution in [1.82, 2.24) is 14.6 Å². The molecule has 0 bridgehead atoms. The number of rotatable bonds is 2. The molecule has 2 aromatic heterocycles. The lowest BCUT2D eigenvalue weighted by Crippen LogP contribution is -2.10. The van der Waals surface area contributed by atoms with Crippen molar-refractivity contribution >= 4 is 23.2 Å². The van der Waals surface area contributed by atoms with E-state index in [2.05, 4.69) is 10.1 Å². The van der Waals surface area contributed by atoms with Crippen LogP contribution in [0.25, 0.3) is 16.8 Å². The number of nitrogens with zero attached hydrogens (tertiary/aromatic N) is 3. The minimum absolute atomic E-state index is 0.0653. The maximum atomic E-state index is 11.5. The Morgan fingerprint density at radius 2 is 1.86 bits per heavy atom. The maximum Gasteiger partial charge on any atom is 0.356 e. The summed E-state index contributed by atoms with van der Waals surface area (Å²) in [5, 5.41) is 13.8. The topological polar surface area (TPSA) is 67.5 Å². The molecule has 0 saturated heterocycles. The van der Waals surface area contributed by atoms with Gasteiger partial charge in [-0.2, -0.15) is 5.10 Å². The first-order valence-corrected chi connectivity index (χ1v) is 6.72. The maximum absolute atomic E-state index is 11.5. The molecule has 0 saturated carbocycles. The number of hydrogen-bond acceptors (Lipinski definition) is 3. The molecule has 6 heteroatoms. The summed E-state index contributed by atoms with van der Waals surface area (Å²) in [6.07, 6.45) is 0. The standard InChI is InChI=1S/C15H12ClN3O2/c1-8-11(10-6-4-3-5-7-10)14-17-9(2)12(16)13(15(20)21)19(14)18-8/h3-7H,1-2H3,(H,20,21). The number of carbonyl (C=O) groups is 1. The van der Waals surface area contributed by atoms with Crippen LogP contribution < -0.4 is 0 Å². The van der Waals surface area contributed by atoms with Gasteiger partial charge in [-0.1, -0.05) is 41.9 Å². The van der Waals surface area contributed by atoms with Crippen LogP contribution in [0.4, 0.5) is 0 Å². The van der Waals surface area contributed by atoms with Crippen LogP contribution in [0.15, 0.2) is 30.3 Å². The molecule has 0 aliphatic heterocycles. The third-order valence-corrected chi connectivity index (χ3v) is 3.76. The van der Waals surface area contributed by atoms with Crippen LogP contribution in [-0.4, -0.2) is 25.7 Å². The number of fused-ring (bicyclic) bond motifs is 1. The van der Waals surface area contributed by atoms with Gasteiger partial charge in [0.2, 0.25) is 0 Å². The summed E-state index contributed by atoms with van der Waals surface area (Å²) in [4.78, 5) is 15.9. The Hall–Kier alpha value is -2.40. The number of aromatic carboxylic acids is 1. The minimum atomic E-state index is -1.13. The summed E-state index contributed by atoms with van der Waals surface area (Å²) in [5.74, 6) is -1.13. The van der Waals surface area contributed by atoms with E-state index >= 15 is 0 Å². The quantitative estimate of drug-likeness (QED) is 0.788. The summed E-state index contributed by atoms with van der Waals surface area (Å²) < 4.78 is 1.30. The molecule has 0 radical (unpaired) electrons. The second kappa shape index (κ2) is 4.86. The predicted molar refractivity (Wildman–Crippen MR) is 79.9 cm³/mol. The fourth-order valence-electron chi connectivity index (χ4n) is 2.37. The average molecular weight is 302 g/mol. The van der Waals surface area contributed by atoms with E-state index in [1.54, 1.807) is 6.92 Å². The van der Waals surface area contributed by atoms with Gasteiger partial charge >= 0.3 is 5.97 Å². The normalized spacial score (nSPS) is 11.0. The van der Waals surface area contributed by atoms with Gasteiger partial charge in [-0.15, -0.1) is 0 Å². The zero-order valence-corrected chi connectivity index (χ0v) is 12.2. The molecule has 3 aromatic rings. The zero-order valence-electron chi connectivity index (χ0n) is 11.5. The van der Waals surface area contributed by atoms with E-state index in [-0.39, 0.29) is 10.7 Å². The third kappa shape index (κ3) is 2.06. The summed E-state index contributed by atoms with van der Waals surface area (Å²) in [6, 6.07) is 9.63. The lowest BCUT2D eigenvalue weighted by molar-refractivity contribution is 0.0687. The van der Waals surface area contributed by atoms with Crippen LogP contribution >= 0.6 is 11.6 Å². The first-order valence-electron chi connectivity index (χ1n) is 6.35. The van der Waals surface area contributed by atoms with Gasteiger partial charge in [0.05, 0.1) is 16.4 Å². The smallest absolute Gasteiger partial charge is 0.356 e. The van der Waals surface area contributed by atoms with Gasteiger partial charge in [0.15, 0.2) is 11.3 Å². The Bertz CT molecular complexity index is 856. The highest BCUT2D eigenvalue weighted by Crippen LogP contribution is 2.30. The summed E-state index contributed by atoms with van der Waals surface area (Å²) in [5.41, 5.74) is 3.37. The van der Waals surface area contributed by atoms with Crippen LogP contribution in [0.5, 0.6) is 0 Å². The van der Waals surface area contributed by atoms with Crippen molar-refractivity contribution in [2.75, 3.05) is 0 Å². The number of carboxylic acids is 1. The van der Waals surface area contributed by atoms with Crippen molar-refractivity contribution in [1.29, 1.82) is 0 Å². The Morgan fingerprint density at radius 1 is 1.19 bits per heavy atom. The first-order chi connectivity index (χ1) is 10.0. The lowest BCUT2D eigenvalue weighted by Gasteiger charge is -2.06. The second-order valence-electron chi connectivity index (χ2n) is 4.73. The van der Waals surface area contributed by atoms with Crippen LogP contribution in [0.2, 0.25) is 5.02 Å². The fourth-order valence-corrected chi connectivity index (χ4v) is 2.58. The summed E-state index contributed by atoms with van der Waals surface area (Å²) in [7, 11) is 0. The second-order valence-corrected chi connectivity index (χ2v) is 5.10. The highest BCUT2D eigenvalue weighted by atomic mass is 35.5. The van der Waals surface area contributed by atoms with Gasteiger partial charge in [-0.25, -0.2) is 14.3 Å². The molecule has 1 aromatic carbocycles. The zero-order chi connectivity index (χ0) is 15.1. The van der Waals surface area contributed by atoms with E-state index < -0.39 is 5.97 Å². The van der Waals surface area contributed by atoms with Crippen LogP contribution in [-0.2, 0) is 0 Å². The molecular weight excluding hydrogens is 290 g/mol. The van der Waals surface area contributed by atoms with Crippen molar-refractivity contribution in [3.63, 3.8) is 0 Å². The van der Waals surface area contributed by atoms with Gasteiger partial charge in [-0.3, -0.25) is 0 Å². The highest BCUT2D eigenvalue weighted by molar-refractivity contribution is 6.33. The van der Waals surface area contributed by atoms with E-state index in [0.29, 0.717) is 17.0 Å². The van der Waals surface area contributed by atoms with E-state index in [9.17, 15) is 9.90 Å². The highest BCUT2D eigenvalue weighted by Gasteiger charge is 2.22. The SMILES string of the molecule is Cc1nc2c(-c3ccccc3)c(C)nn2c(C(=O)O)c1Cl. The van der Waals surface area contributed by atoms with Crippen molar-refractivity contribution in [3.8, 4) is 11.1 Å². The number of hydrogen-bond donors (Lipinski definition) is 1. The van der Waals surface area contributed by atoms with Gasteiger partial charge in [0.1, 0.15) is 0 Å². The van der Waals surface area contributed by atoms with Crippen molar-refractivity contribution in [2.45, 2.75) is 13.8 Å². The van der Waals surface area contributed by atoms with Gasteiger partial charge in [0.25, 0.3) is 0 Å². The van der Waals surface area contributed by atoms with Gasteiger partial charge in [-0.05, 0) is 19.4 Å². The molecule has 0 fully saturated rings. The molecule has 0 atom stereocenters. The van der Waals surface area contributed by atoms with Crippen molar-refractivity contribution < 1.29 is 9.90 Å². The number of halogens is 1.